The van der Waals surface area contributed by atoms with Crippen LogP contribution in [0.4, 0.5) is 4.39 Å². The summed E-state index contributed by atoms with van der Waals surface area (Å²) in [6.07, 6.45) is -0.688. The van der Waals surface area contributed by atoms with Crippen molar-refractivity contribution in [3.05, 3.63) is 29.6 Å². The van der Waals surface area contributed by atoms with E-state index in [-0.39, 0.29) is 19.0 Å². The van der Waals surface area contributed by atoms with Gasteiger partial charge >= 0.3 is 0 Å². The minimum absolute atomic E-state index is 0.121. The van der Waals surface area contributed by atoms with Gasteiger partial charge in [-0.15, -0.1) is 0 Å². The summed E-state index contributed by atoms with van der Waals surface area (Å²) in [5.41, 5.74) is 0.720. The Hall–Kier alpha value is -1.17. The summed E-state index contributed by atoms with van der Waals surface area (Å²) < 4.78 is 23.2. The third kappa shape index (κ3) is 4.68. The number of hydrogen-bond donors (Lipinski definition) is 2. The molecule has 96 valence electrons. The standard InChI is InChI=1S/C12H18FNO3/c1-14-6-9-5-10(13)3-4-12(9)17-8-11(15)7-16-2/h3-5,11,14-15H,6-8H2,1-2H3. The average Bonchev–Trinajstić information content (AvgIpc) is 2.29. The van der Waals surface area contributed by atoms with Crippen LogP contribution in [0.2, 0.25) is 0 Å². The number of halogens is 1. The van der Waals surface area contributed by atoms with Crippen molar-refractivity contribution in [1.29, 1.82) is 0 Å². The highest BCUT2D eigenvalue weighted by molar-refractivity contribution is 5.33. The molecular formula is C12H18FNO3. The summed E-state index contributed by atoms with van der Waals surface area (Å²) >= 11 is 0. The molecule has 5 heteroatoms. The van der Waals surface area contributed by atoms with Crippen LogP contribution in [0.3, 0.4) is 0 Å². The topological polar surface area (TPSA) is 50.7 Å². The Labute approximate surface area is 100 Å². The van der Waals surface area contributed by atoms with Crippen molar-refractivity contribution in [2.24, 2.45) is 0 Å². The molecule has 1 atom stereocenters. The second kappa shape index (κ2) is 7.21. The Balaban J connectivity index is 2.62. The van der Waals surface area contributed by atoms with Gasteiger partial charge in [-0.3, -0.25) is 0 Å². The highest BCUT2D eigenvalue weighted by Crippen LogP contribution is 2.19. The molecule has 0 fully saturated rings. The molecule has 0 spiro atoms. The summed E-state index contributed by atoms with van der Waals surface area (Å²) in [4.78, 5) is 0. The van der Waals surface area contributed by atoms with Gasteiger partial charge in [-0.25, -0.2) is 4.39 Å². The summed E-state index contributed by atoms with van der Waals surface area (Å²) in [7, 11) is 3.28. The van der Waals surface area contributed by atoms with Crippen molar-refractivity contribution < 1.29 is 19.0 Å². The van der Waals surface area contributed by atoms with E-state index in [1.165, 1.54) is 19.2 Å². The van der Waals surface area contributed by atoms with Crippen molar-refractivity contribution in [3.63, 3.8) is 0 Å². The van der Waals surface area contributed by atoms with E-state index in [1.807, 2.05) is 0 Å². The van der Waals surface area contributed by atoms with Crippen LogP contribution >= 0.6 is 0 Å². The van der Waals surface area contributed by atoms with E-state index in [1.54, 1.807) is 13.1 Å². The van der Waals surface area contributed by atoms with E-state index in [4.69, 9.17) is 9.47 Å². The normalized spacial score (nSPS) is 12.5. The maximum Gasteiger partial charge on any atom is 0.124 e. The summed E-state index contributed by atoms with van der Waals surface area (Å²) in [5, 5.41) is 12.4. The third-order valence-corrected chi connectivity index (χ3v) is 2.18. The average molecular weight is 243 g/mol. The Morgan fingerprint density at radius 3 is 2.82 bits per heavy atom. The zero-order valence-electron chi connectivity index (χ0n) is 10.1. The minimum Gasteiger partial charge on any atom is -0.490 e. The van der Waals surface area contributed by atoms with E-state index in [0.29, 0.717) is 12.3 Å². The first kappa shape index (κ1) is 13.9. The first-order valence-electron chi connectivity index (χ1n) is 5.40. The number of aliphatic hydroxyl groups is 1. The van der Waals surface area contributed by atoms with Crippen LogP contribution in [0.5, 0.6) is 5.75 Å². The van der Waals surface area contributed by atoms with Crippen molar-refractivity contribution in [1.82, 2.24) is 5.32 Å². The Kier molecular flexibility index (Phi) is 5.90. The number of benzene rings is 1. The lowest BCUT2D eigenvalue weighted by atomic mass is 10.2. The zero-order valence-corrected chi connectivity index (χ0v) is 10.1. The van der Waals surface area contributed by atoms with Gasteiger partial charge in [0.05, 0.1) is 6.61 Å². The van der Waals surface area contributed by atoms with Crippen LogP contribution in [-0.4, -0.2) is 38.6 Å². The molecule has 1 rings (SSSR count). The molecule has 0 saturated heterocycles. The Morgan fingerprint density at radius 1 is 1.41 bits per heavy atom. The molecule has 0 heterocycles. The summed E-state index contributed by atoms with van der Waals surface area (Å²) in [6.45, 7) is 0.839. The second-order valence-corrected chi connectivity index (χ2v) is 3.70. The van der Waals surface area contributed by atoms with E-state index in [9.17, 15) is 9.50 Å². The lowest BCUT2D eigenvalue weighted by molar-refractivity contribution is 0.0323. The predicted molar refractivity (Wildman–Crippen MR) is 62.5 cm³/mol. The third-order valence-electron chi connectivity index (χ3n) is 2.18. The van der Waals surface area contributed by atoms with E-state index in [0.717, 1.165) is 5.56 Å². The van der Waals surface area contributed by atoms with Gasteiger partial charge in [0.25, 0.3) is 0 Å². The van der Waals surface area contributed by atoms with Crippen LogP contribution < -0.4 is 10.1 Å². The van der Waals surface area contributed by atoms with Gasteiger partial charge < -0.3 is 19.9 Å². The molecule has 1 unspecified atom stereocenters. The first-order chi connectivity index (χ1) is 8.17. The molecule has 0 aliphatic carbocycles. The Bertz CT molecular complexity index is 347. The van der Waals surface area contributed by atoms with E-state index in [2.05, 4.69) is 5.32 Å². The molecule has 2 N–H and O–H groups in total. The molecule has 1 aromatic rings. The number of ether oxygens (including phenoxy) is 2. The monoisotopic (exact) mass is 243 g/mol. The second-order valence-electron chi connectivity index (χ2n) is 3.70. The molecular weight excluding hydrogens is 225 g/mol. The number of rotatable bonds is 7. The molecule has 0 aliphatic rings. The van der Waals surface area contributed by atoms with E-state index < -0.39 is 6.10 Å². The lowest BCUT2D eigenvalue weighted by Gasteiger charge is -2.14. The van der Waals surface area contributed by atoms with Gasteiger partial charge in [-0.1, -0.05) is 0 Å². The fourth-order valence-corrected chi connectivity index (χ4v) is 1.44. The maximum atomic E-state index is 13.0. The molecule has 0 bridgehead atoms. The fraction of sp³-hybridized carbons (Fsp3) is 0.500. The number of aliphatic hydroxyl groups excluding tert-OH is 1. The van der Waals surface area contributed by atoms with Crippen LogP contribution in [0.15, 0.2) is 18.2 Å². The highest BCUT2D eigenvalue weighted by Gasteiger charge is 2.08. The van der Waals surface area contributed by atoms with Crippen LogP contribution in [-0.2, 0) is 11.3 Å². The van der Waals surface area contributed by atoms with Crippen molar-refractivity contribution in [3.8, 4) is 5.75 Å². The highest BCUT2D eigenvalue weighted by atomic mass is 19.1. The molecule has 0 saturated carbocycles. The predicted octanol–water partition coefficient (Wildman–Crippen LogP) is 0.931. The number of methoxy groups -OCH3 is 1. The maximum absolute atomic E-state index is 13.0. The molecule has 0 amide bonds. The van der Waals surface area contributed by atoms with Gasteiger partial charge in [0, 0.05) is 19.2 Å². The summed E-state index contributed by atoms with van der Waals surface area (Å²) in [6, 6.07) is 4.30. The molecule has 4 nitrogen and oxygen atoms in total. The summed E-state index contributed by atoms with van der Waals surface area (Å²) in [5.74, 6) is 0.260. The van der Waals surface area contributed by atoms with Crippen molar-refractivity contribution in [2.45, 2.75) is 12.6 Å². The van der Waals surface area contributed by atoms with Gasteiger partial charge in [0.15, 0.2) is 0 Å². The molecule has 17 heavy (non-hydrogen) atoms. The molecule has 0 radical (unpaired) electrons. The first-order valence-corrected chi connectivity index (χ1v) is 5.40. The number of hydrogen-bond acceptors (Lipinski definition) is 4. The lowest BCUT2D eigenvalue weighted by Crippen LogP contribution is -2.23. The smallest absolute Gasteiger partial charge is 0.124 e. The van der Waals surface area contributed by atoms with Crippen LogP contribution in [0.25, 0.3) is 0 Å². The number of nitrogens with one attached hydrogen (secondary N) is 1. The molecule has 0 aliphatic heterocycles. The molecule has 0 aromatic heterocycles. The van der Waals surface area contributed by atoms with Crippen molar-refractivity contribution >= 4 is 0 Å². The van der Waals surface area contributed by atoms with Gasteiger partial charge in [-0.2, -0.15) is 0 Å². The minimum atomic E-state index is -0.688. The largest absolute Gasteiger partial charge is 0.490 e. The van der Waals surface area contributed by atoms with Gasteiger partial charge in [0.2, 0.25) is 0 Å². The molecule has 1 aromatic carbocycles. The van der Waals surface area contributed by atoms with E-state index >= 15 is 0 Å². The van der Waals surface area contributed by atoms with Crippen molar-refractivity contribution in [2.75, 3.05) is 27.4 Å². The van der Waals surface area contributed by atoms with Crippen LogP contribution in [0.1, 0.15) is 5.56 Å². The zero-order chi connectivity index (χ0) is 12.7. The Morgan fingerprint density at radius 2 is 2.18 bits per heavy atom. The van der Waals surface area contributed by atoms with Gasteiger partial charge in [0.1, 0.15) is 24.3 Å². The fourth-order valence-electron chi connectivity index (χ4n) is 1.44. The van der Waals surface area contributed by atoms with Gasteiger partial charge in [-0.05, 0) is 25.2 Å². The quantitative estimate of drug-likeness (QED) is 0.748. The SMILES string of the molecule is CNCc1cc(F)ccc1OCC(O)COC. The van der Waals surface area contributed by atoms with Crippen LogP contribution in [0, 0.1) is 5.82 Å².